The quantitative estimate of drug-likeness (QED) is 0.712. The summed E-state index contributed by atoms with van der Waals surface area (Å²) in [7, 11) is 0. The maximum atomic E-state index is 9.51. The van der Waals surface area contributed by atoms with Crippen molar-refractivity contribution < 1.29 is 5.11 Å². The lowest BCUT2D eigenvalue weighted by Crippen LogP contribution is -2.50. The highest BCUT2D eigenvalue weighted by Gasteiger charge is 2.38. The standard InChI is InChI=1S/C12H25NO/c1-4-10(3)13-12(9-14)7-6-11(5-2)8-12/h10-11,13-14H,4-9H2,1-3H3. The highest BCUT2D eigenvalue weighted by molar-refractivity contribution is 4.96. The zero-order valence-electron chi connectivity index (χ0n) is 9.84. The average Bonchev–Trinajstić information content (AvgIpc) is 2.62. The van der Waals surface area contributed by atoms with Gasteiger partial charge in [0.15, 0.2) is 0 Å². The van der Waals surface area contributed by atoms with Crippen LogP contribution in [-0.4, -0.2) is 23.3 Å². The number of aliphatic hydroxyl groups is 1. The third kappa shape index (κ3) is 2.71. The van der Waals surface area contributed by atoms with Gasteiger partial charge < -0.3 is 10.4 Å². The van der Waals surface area contributed by atoms with Crippen LogP contribution in [0.2, 0.25) is 0 Å². The first-order valence-electron chi connectivity index (χ1n) is 6.04. The van der Waals surface area contributed by atoms with Crippen molar-refractivity contribution in [3.63, 3.8) is 0 Å². The van der Waals surface area contributed by atoms with Crippen molar-refractivity contribution in [3.05, 3.63) is 0 Å². The molecule has 1 aliphatic rings. The summed E-state index contributed by atoms with van der Waals surface area (Å²) >= 11 is 0. The van der Waals surface area contributed by atoms with E-state index in [0.717, 1.165) is 25.2 Å². The van der Waals surface area contributed by atoms with Gasteiger partial charge in [-0.15, -0.1) is 0 Å². The molecule has 0 aromatic heterocycles. The molecule has 14 heavy (non-hydrogen) atoms. The van der Waals surface area contributed by atoms with Crippen molar-refractivity contribution in [3.8, 4) is 0 Å². The van der Waals surface area contributed by atoms with Crippen LogP contribution in [0, 0.1) is 5.92 Å². The summed E-state index contributed by atoms with van der Waals surface area (Å²) in [5.74, 6) is 0.818. The van der Waals surface area contributed by atoms with Gasteiger partial charge in [0.1, 0.15) is 0 Å². The van der Waals surface area contributed by atoms with E-state index in [1.165, 1.54) is 12.8 Å². The third-order valence-corrected chi connectivity index (χ3v) is 3.76. The second-order valence-corrected chi connectivity index (χ2v) is 4.91. The van der Waals surface area contributed by atoms with Gasteiger partial charge >= 0.3 is 0 Å². The first kappa shape index (κ1) is 12.0. The molecule has 1 aliphatic carbocycles. The van der Waals surface area contributed by atoms with Crippen molar-refractivity contribution in [2.75, 3.05) is 6.61 Å². The third-order valence-electron chi connectivity index (χ3n) is 3.76. The Bertz CT molecular complexity index is 172. The molecule has 0 bridgehead atoms. The lowest BCUT2D eigenvalue weighted by Gasteiger charge is -2.32. The van der Waals surface area contributed by atoms with E-state index in [1.54, 1.807) is 0 Å². The molecule has 84 valence electrons. The summed E-state index contributed by atoms with van der Waals surface area (Å²) < 4.78 is 0. The van der Waals surface area contributed by atoms with Gasteiger partial charge in [-0.3, -0.25) is 0 Å². The summed E-state index contributed by atoms with van der Waals surface area (Å²) in [6.45, 7) is 6.95. The predicted molar refractivity (Wildman–Crippen MR) is 60.3 cm³/mol. The molecule has 0 amide bonds. The van der Waals surface area contributed by atoms with Gasteiger partial charge in [0.25, 0.3) is 0 Å². The second kappa shape index (κ2) is 5.13. The monoisotopic (exact) mass is 199 g/mol. The van der Waals surface area contributed by atoms with Crippen molar-refractivity contribution >= 4 is 0 Å². The zero-order chi connectivity index (χ0) is 10.6. The largest absolute Gasteiger partial charge is 0.394 e. The maximum absolute atomic E-state index is 9.51. The summed E-state index contributed by atoms with van der Waals surface area (Å²) in [6, 6.07) is 0.526. The molecule has 0 heterocycles. The number of aliphatic hydroxyl groups excluding tert-OH is 1. The highest BCUT2D eigenvalue weighted by Crippen LogP contribution is 2.36. The number of rotatable bonds is 5. The molecule has 0 aromatic carbocycles. The predicted octanol–water partition coefficient (Wildman–Crippen LogP) is 2.32. The van der Waals surface area contributed by atoms with Gasteiger partial charge in [-0.1, -0.05) is 20.3 Å². The first-order valence-corrected chi connectivity index (χ1v) is 6.04. The molecule has 0 spiro atoms. The van der Waals surface area contributed by atoms with E-state index < -0.39 is 0 Å². The van der Waals surface area contributed by atoms with Crippen molar-refractivity contribution in [2.45, 2.75) is 64.5 Å². The van der Waals surface area contributed by atoms with Gasteiger partial charge in [0.05, 0.1) is 6.61 Å². The Hall–Kier alpha value is -0.0800. The smallest absolute Gasteiger partial charge is 0.0613 e. The van der Waals surface area contributed by atoms with Crippen LogP contribution in [0.1, 0.15) is 52.9 Å². The van der Waals surface area contributed by atoms with Crippen molar-refractivity contribution in [2.24, 2.45) is 5.92 Å². The van der Waals surface area contributed by atoms with Crippen LogP contribution in [0.4, 0.5) is 0 Å². The zero-order valence-corrected chi connectivity index (χ0v) is 9.84. The van der Waals surface area contributed by atoms with Crippen LogP contribution in [0.5, 0.6) is 0 Å². The van der Waals surface area contributed by atoms with Gasteiger partial charge in [0, 0.05) is 11.6 Å². The van der Waals surface area contributed by atoms with E-state index in [2.05, 4.69) is 26.1 Å². The van der Waals surface area contributed by atoms with E-state index in [1.807, 2.05) is 0 Å². The van der Waals surface area contributed by atoms with E-state index in [0.29, 0.717) is 12.6 Å². The minimum Gasteiger partial charge on any atom is -0.394 e. The fraction of sp³-hybridized carbons (Fsp3) is 1.00. The van der Waals surface area contributed by atoms with Crippen LogP contribution in [-0.2, 0) is 0 Å². The molecule has 2 N–H and O–H groups in total. The van der Waals surface area contributed by atoms with E-state index in [9.17, 15) is 5.11 Å². The van der Waals surface area contributed by atoms with E-state index in [4.69, 9.17) is 0 Å². The molecular formula is C12H25NO. The molecular weight excluding hydrogens is 174 g/mol. The molecule has 3 unspecified atom stereocenters. The lowest BCUT2D eigenvalue weighted by atomic mass is 9.94. The van der Waals surface area contributed by atoms with E-state index >= 15 is 0 Å². The molecule has 2 heteroatoms. The minimum absolute atomic E-state index is 0.0378. The van der Waals surface area contributed by atoms with Gasteiger partial charge in [-0.2, -0.15) is 0 Å². The van der Waals surface area contributed by atoms with Crippen LogP contribution in [0.15, 0.2) is 0 Å². The molecule has 1 fully saturated rings. The van der Waals surface area contributed by atoms with Gasteiger partial charge in [-0.25, -0.2) is 0 Å². The Morgan fingerprint density at radius 1 is 1.50 bits per heavy atom. The Kier molecular flexibility index (Phi) is 4.39. The maximum Gasteiger partial charge on any atom is 0.0613 e. The first-order chi connectivity index (χ1) is 6.65. The van der Waals surface area contributed by atoms with Crippen molar-refractivity contribution in [1.29, 1.82) is 0 Å². The Morgan fingerprint density at radius 3 is 2.64 bits per heavy atom. The molecule has 2 nitrogen and oxygen atoms in total. The normalized spacial score (nSPS) is 34.7. The summed E-state index contributed by atoms with van der Waals surface area (Å²) in [4.78, 5) is 0. The van der Waals surface area contributed by atoms with E-state index in [-0.39, 0.29) is 5.54 Å². The summed E-state index contributed by atoms with van der Waals surface area (Å²) in [6.07, 6.45) is 5.97. The fourth-order valence-electron chi connectivity index (χ4n) is 2.53. The Labute approximate surface area is 88.1 Å². The SMILES string of the molecule is CCC1CCC(CO)(NC(C)CC)C1. The number of nitrogens with one attached hydrogen (secondary N) is 1. The second-order valence-electron chi connectivity index (χ2n) is 4.91. The average molecular weight is 199 g/mol. The molecule has 3 atom stereocenters. The van der Waals surface area contributed by atoms with Crippen LogP contribution < -0.4 is 5.32 Å². The van der Waals surface area contributed by atoms with Gasteiger partial charge in [-0.05, 0) is 38.5 Å². The Balaban J connectivity index is 2.51. The minimum atomic E-state index is 0.0378. The van der Waals surface area contributed by atoms with Gasteiger partial charge in [0.2, 0.25) is 0 Å². The highest BCUT2D eigenvalue weighted by atomic mass is 16.3. The fourth-order valence-corrected chi connectivity index (χ4v) is 2.53. The topological polar surface area (TPSA) is 32.3 Å². The van der Waals surface area contributed by atoms with Crippen LogP contribution >= 0.6 is 0 Å². The number of hydrogen-bond acceptors (Lipinski definition) is 2. The van der Waals surface area contributed by atoms with Crippen LogP contribution in [0.25, 0.3) is 0 Å². The molecule has 0 aromatic rings. The molecule has 0 radical (unpaired) electrons. The summed E-state index contributed by atoms with van der Waals surface area (Å²) in [5, 5.41) is 13.1. The number of hydrogen-bond donors (Lipinski definition) is 2. The molecule has 0 aliphatic heterocycles. The summed E-state index contributed by atoms with van der Waals surface area (Å²) in [5.41, 5.74) is 0.0378. The molecule has 1 rings (SSSR count). The lowest BCUT2D eigenvalue weighted by molar-refractivity contribution is 0.148. The Morgan fingerprint density at radius 2 is 2.21 bits per heavy atom. The van der Waals surface area contributed by atoms with Crippen molar-refractivity contribution in [1.82, 2.24) is 5.32 Å². The molecule has 1 saturated carbocycles. The van der Waals surface area contributed by atoms with Crippen LogP contribution in [0.3, 0.4) is 0 Å². The molecule has 0 saturated heterocycles.